The molecule has 10 nitrogen and oxygen atoms in total. The molecular formula is C26H28ClN5O5. The molecule has 0 bridgehead atoms. The predicted molar refractivity (Wildman–Crippen MR) is 139 cm³/mol. The number of hydrogen-bond acceptors (Lipinski definition) is 7. The Labute approximate surface area is 217 Å². The van der Waals surface area contributed by atoms with Gasteiger partial charge in [0.1, 0.15) is 5.82 Å². The third-order valence-electron chi connectivity index (χ3n) is 6.72. The summed E-state index contributed by atoms with van der Waals surface area (Å²) in [6.45, 7) is 3.53. The molecule has 0 spiro atoms. The molecule has 0 aliphatic carbocycles. The van der Waals surface area contributed by atoms with Crippen LogP contribution in [0.25, 0.3) is 21.9 Å². The van der Waals surface area contributed by atoms with Gasteiger partial charge < -0.3 is 14.0 Å². The zero-order valence-electron chi connectivity index (χ0n) is 20.6. The van der Waals surface area contributed by atoms with E-state index in [0.29, 0.717) is 66.5 Å². The number of carbonyl (C=O) groups is 1. The summed E-state index contributed by atoms with van der Waals surface area (Å²) in [6, 6.07) is 7.02. The van der Waals surface area contributed by atoms with Crippen molar-refractivity contribution in [2.45, 2.75) is 51.7 Å². The highest BCUT2D eigenvalue weighted by Crippen LogP contribution is 2.25. The van der Waals surface area contributed by atoms with Crippen molar-refractivity contribution in [3.05, 3.63) is 68.3 Å². The van der Waals surface area contributed by atoms with Gasteiger partial charge in [0, 0.05) is 43.9 Å². The number of benzene rings is 1. The van der Waals surface area contributed by atoms with Crippen molar-refractivity contribution in [3.63, 3.8) is 0 Å². The molecule has 37 heavy (non-hydrogen) atoms. The molecule has 1 aliphatic rings. The third-order valence-corrected chi connectivity index (χ3v) is 6.96. The Balaban J connectivity index is 1.57. The van der Waals surface area contributed by atoms with Crippen LogP contribution in [0.5, 0.6) is 0 Å². The monoisotopic (exact) mass is 525 g/mol. The van der Waals surface area contributed by atoms with Crippen LogP contribution in [0.15, 0.2) is 46.2 Å². The fourth-order valence-electron chi connectivity index (χ4n) is 4.97. The smallest absolute Gasteiger partial charge is 0.329 e. The Morgan fingerprint density at radius 3 is 2.70 bits per heavy atom. The number of halogens is 1. The maximum absolute atomic E-state index is 13.7. The van der Waals surface area contributed by atoms with Crippen LogP contribution in [-0.4, -0.2) is 49.5 Å². The van der Waals surface area contributed by atoms with Gasteiger partial charge in [-0.15, -0.1) is 0 Å². The minimum absolute atomic E-state index is 0.0302. The quantitative estimate of drug-likeness (QED) is 0.256. The first-order valence-electron chi connectivity index (χ1n) is 12.4. The average Bonchev–Trinajstić information content (AvgIpc) is 3.17. The Kier molecular flexibility index (Phi) is 7.38. The summed E-state index contributed by atoms with van der Waals surface area (Å²) in [7, 11) is 0. The molecule has 1 aliphatic heterocycles. The van der Waals surface area contributed by atoms with Gasteiger partial charge in [-0.1, -0.05) is 11.6 Å². The van der Waals surface area contributed by atoms with E-state index in [1.165, 1.54) is 6.92 Å². The highest BCUT2D eigenvalue weighted by Gasteiger charge is 2.24. The fraction of sp³-hybridized carbons (Fsp3) is 0.423. The Hall–Kier alpha value is -3.50. The number of nitrogens with zero attached hydrogens (tertiary/aromatic N) is 5. The third kappa shape index (κ3) is 5.17. The van der Waals surface area contributed by atoms with Crippen LogP contribution < -0.4 is 11.2 Å². The van der Waals surface area contributed by atoms with E-state index in [-0.39, 0.29) is 24.2 Å². The van der Waals surface area contributed by atoms with Crippen molar-refractivity contribution < 1.29 is 14.3 Å². The molecule has 0 atom stereocenters. The van der Waals surface area contributed by atoms with E-state index in [0.717, 1.165) is 18.4 Å². The van der Waals surface area contributed by atoms with Gasteiger partial charge in [0.2, 0.25) is 0 Å². The minimum atomic E-state index is -0.400. The van der Waals surface area contributed by atoms with Crippen LogP contribution in [-0.2, 0) is 27.4 Å². The lowest BCUT2D eigenvalue weighted by atomic mass is 10.1. The number of aromatic nitrogens is 5. The van der Waals surface area contributed by atoms with Crippen molar-refractivity contribution in [1.82, 2.24) is 23.7 Å². The molecule has 0 radical (unpaired) electrons. The number of imidazole rings is 1. The predicted octanol–water partition coefficient (Wildman–Crippen LogP) is 3.30. The van der Waals surface area contributed by atoms with Crippen molar-refractivity contribution in [1.29, 1.82) is 0 Å². The summed E-state index contributed by atoms with van der Waals surface area (Å²) in [5, 5.41) is 0.859. The topological polar surface area (TPSA) is 110 Å². The highest BCUT2D eigenvalue weighted by atomic mass is 35.5. The van der Waals surface area contributed by atoms with E-state index in [4.69, 9.17) is 21.1 Å². The van der Waals surface area contributed by atoms with E-state index in [9.17, 15) is 14.4 Å². The summed E-state index contributed by atoms with van der Waals surface area (Å²) < 4.78 is 16.0. The molecule has 3 aromatic heterocycles. The molecule has 5 rings (SSSR count). The molecule has 4 aromatic rings. The van der Waals surface area contributed by atoms with Crippen LogP contribution in [0.3, 0.4) is 0 Å². The van der Waals surface area contributed by atoms with E-state index >= 15 is 0 Å². The number of fused-ring (bicyclic) bond motifs is 2. The summed E-state index contributed by atoms with van der Waals surface area (Å²) in [6.07, 6.45) is 6.19. The summed E-state index contributed by atoms with van der Waals surface area (Å²) >= 11 is 6.16. The number of pyridine rings is 1. The molecule has 4 heterocycles. The van der Waals surface area contributed by atoms with Crippen molar-refractivity contribution in [2.75, 3.05) is 19.8 Å². The molecule has 1 fully saturated rings. The lowest BCUT2D eigenvalue weighted by Gasteiger charge is -2.23. The van der Waals surface area contributed by atoms with Gasteiger partial charge in [-0.3, -0.25) is 23.7 Å². The Morgan fingerprint density at radius 2 is 1.92 bits per heavy atom. The van der Waals surface area contributed by atoms with Crippen LogP contribution in [0.2, 0.25) is 5.02 Å². The molecule has 1 saturated heterocycles. The van der Waals surface area contributed by atoms with Gasteiger partial charge >= 0.3 is 11.7 Å². The zero-order valence-corrected chi connectivity index (χ0v) is 21.3. The first-order valence-corrected chi connectivity index (χ1v) is 12.8. The van der Waals surface area contributed by atoms with Gasteiger partial charge in [-0.05, 0) is 49.9 Å². The SMILES string of the molecule is CC(=O)OCCCCn1c(Cn2c(=O)n(C3CCOCC3)c3ccncc32)nc(=O)c2cc(Cl)ccc21. The summed E-state index contributed by atoms with van der Waals surface area (Å²) in [5.41, 5.74) is 1.61. The van der Waals surface area contributed by atoms with E-state index in [1.807, 2.05) is 15.2 Å². The average molecular weight is 526 g/mol. The Bertz CT molecular complexity index is 1570. The van der Waals surface area contributed by atoms with E-state index < -0.39 is 5.56 Å². The van der Waals surface area contributed by atoms with Gasteiger partial charge in [0.15, 0.2) is 0 Å². The lowest BCUT2D eigenvalue weighted by molar-refractivity contribution is -0.141. The molecule has 11 heteroatoms. The molecule has 0 amide bonds. The number of aryl methyl sites for hydroxylation is 1. The second kappa shape index (κ2) is 10.9. The number of ether oxygens (including phenoxy) is 2. The zero-order chi connectivity index (χ0) is 25.9. The lowest BCUT2D eigenvalue weighted by Crippen LogP contribution is -2.32. The van der Waals surface area contributed by atoms with Crippen molar-refractivity contribution in [3.8, 4) is 0 Å². The summed E-state index contributed by atoms with van der Waals surface area (Å²) in [4.78, 5) is 46.5. The first-order chi connectivity index (χ1) is 17.9. The molecule has 0 unspecified atom stereocenters. The Morgan fingerprint density at radius 1 is 1.11 bits per heavy atom. The van der Waals surface area contributed by atoms with Crippen molar-refractivity contribution >= 4 is 39.5 Å². The van der Waals surface area contributed by atoms with Gasteiger partial charge in [-0.2, -0.15) is 4.98 Å². The number of esters is 1. The highest BCUT2D eigenvalue weighted by molar-refractivity contribution is 6.31. The molecule has 0 saturated carbocycles. The summed E-state index contributed by atoms with van der Waals surface area (Å²) in [5.74, 6) is 0.143. The molecular weight excluding hydrogens is 498 g/mol. The molecule has 1 aromatic carbocycles. The number of carbonyl (C=O) groups excluding carboxylic acids is 1. The van der Waals surface area contributed by atoms with Crippen LogP contribution >= 0.6 is 11.6 Å². The van der Waals surface area contributed by atoms with Crippen LogP contribution in [0.4, 0.5) is 0 Å². The second-order valence-corrected chi connectivity index (χ2v) is 9.58. The first kappa shape index (κ1) is 25.2. The standard InChI is InChI=1S/C26H28ClN5O5/c1-17(33)37-11-3-2-10-30-21-5-4-18(27)14-20(21)25(34)29-24(30)16-31-23-15-28-9-6-22(23)32(26(31)35)19-7-12-36-13-8-19/h4-6,9,14-15,19H,2-3,7-8,10-13,16H2,1H3. The maximum Gasteiger partial charge on any atom is 0.329 e. The second-order valence-electron chi connectivity index (χ2n) is 9.14. The largest absolute Gasteiger partial charge is 0.466 e. The minimum Gasteiger partial charge on any atom is -0.466 e. The van der Waals surface area contributed by atoms with E-state index in [1.54, 1.807) is 35.2 Å². The van der Waals surface area contributed by atoms with Gasteiger partial charge in [0.25, 0.3) is 5.56 Å². The molecule has 194 valence electrons. The van der Waals surface area contributed by atoms with E-state index in [2.05, 4.69) is 9.97 Å². The van der Waals surface area contributed by atoms with Crippen LogP contribution in [0.1, 0.15) is 44.5 Å². The number of unbranched alkanes of at least 4 members (excludes halogenated alkanes) is 1. The fourth-order valence-corrected chi connectivity index (χ4v) is 5.14. The number of hydrogen-bond donors (Lipinski definition) is 0. The normalized spacial score (nSPS) is 14.4. The van der Waals surface area contributed by atoms with Gasteiger partial charge in [-0.25, -0.2) is 4.79 Å². The van der Waals surface area contributed by atoms with Crippen LogP contribution in [0, 0.1) is 0 Å². The number of rotatable bonds is 8. The maximum atomic E-state index is 13.7. The van der Waals surface area contributed by atoms with Gasteiger partial charge in [0.05, 0.1) is 41.3 Å². The molecule has 0 N–H and O–H groups in total. The van der Waals surface area contributed by atoms with Crippen molar-refractivity contribution in [2.24, 2.45) is 0 Å².